The molecule has 1 N–H and O–H groups in total. The SMILES string of the molecule is Cc1cc(Nc2ccc3c(n2)c(O[C@H]2CC[C@H](C(=O)OC(C)(C)C)CC2)nn3C)c(C2CC2)cc1Br. The number of aromatic nitrogens is 3. The van der Waals surface area contributed by atoms with Crippen molar-refractivity contribution in [2.45, 2.75) is 83.8 Å². The van der Waals surface area contributed by atoms with E-state index in [1.165, 1.54) is 24.0 Å². The first-order chi connectivity index (χ1) is 17.1. The van der Waals surface area contributed by atoms with Crippen molar-refractivity contribution in [1.29, 1.82) is 0 Å². The third kappa shape index (κ3) is 5.53. The lowest BCUT2D eigenvalue weighted by molar-refractivity contribution is -0.161. The molecule has 5 rings (SSSR count). The third-order valence-corrected chi connectivity index (χ3v) is 7.82. The van der Waals surface area contributed by atoms with Gasteiger partial charge in [-0.1, -0.05) is 15.9 Å². The lowest BCUT2D eigenvalue weighted by atomic mass is 9.87. The number of fused-ring (bicyclic) bond motifs is 1. The Kier molecular flexibility index (Phi) is 6.74. The number of esters is 1. The number of carbonyl (C=O) groups is 1. The van der Waals surface area contributed by atoms with Crippen molar-refractivity contribution in [3.8, 4) is 5.88 Å². The Labute approximate surface area is 221 Å². The molecule has 2 aromatic heterocycles. The average Bonchev–Trinajstić information content (AvgIpc) is 3.61. The van der Waals surface area contributed by atoms with E-state index < -0.39 is 5.60 Å². The van der Waals surface area contributed by atoms with Crippen molar-refractivity contribution in [2.75, 3.05) is 5.32 Å². The number of halogens is 1. The van der Waals surface area contributed by atoms with E-state index in [0.717, 1.165) is 52.7 Å². The molecule has 0 unspecified atom stereocenters. The number of nitrogens with one attached hydrogen (secondary N) is 1. The second-order valence-corrected chi connectivity index (χ2v) is 12.1. The van der Waals surface area contributed by atoms with Gasteiger partial charge in [0.1, 0.15) is 17.5 Å². The molecule has 2 aliphatic carbocycles. The fraction of sp³-hybridized carbons (Fsp3) is 0.536. The molecule has 7 nitrogen and oxygen atoms in total. The molecule has 2 heterocycles. The highest BCUT2D eigenvalue weighted by Crippen LogP contribution is 2.45. The highest BCUT2D eigenvalue weighted by Gasteiger charge is 2.31. The Bertz CT molecular complexity index is 1280. The summed E-state index contributed by atoms with van der Waals surface area (Å²) in [5.41, 5.74) is 4.85. The van der Waals surface area contributed by atoms with Gasteiger partial charge >= 0.3 is 5.97 Å². The second-order valence-electron chi connectivity index (χ2n) is 11.2. The van der Waals surface area contributed by atoms with E-state index in [1.54, 1.807) is 0 Å². The van der Waals surface area contributed by atoms with Gasteiger partial charge in [-0.15, -0.1) is 5.10 Å². The number of anilines is 2. The number of aryl methyl sites for hydroxylation is 2. The Morgan fingerprint density at radius 3 is 2.50 bits per heavy atom. The van der Waals surface area contributed by atoms with E-state index in [2.05, 4.69) is 45.4 Å². The van der Waals surface area contributed by atoms with Gasteiger partial charge in [0.05, 0.1) is 11.4 Å². The Balaban J connectivity index is 1.31. The Hall–Kier alpha value is -2.61. The molecule has 0 amide bonds. The van der Waals surface area contributed by atoms with Crippen LogP contribution in [0.2, 0.25) is 0 Å². The van der Waals surface area contributed by atoms with Gasteiger partial charge in [0, 0.05) is 17.2 Å². The normalized spacial score (nSPS) is 20.4. The molecule has 36 heavy (non-hydrogen) atoms. The van der Waals surface area contributed by atoms with Gasteiger partial charge in [-0.25, -0.2) is 4.98 Å². The van der Waals surface area contributed by atoms with E-state index in [4.69, 9.17) is 14.5 Å². The smallest absolute Gasteiger partial charge is 0.309 e. The van der Waals surface area contributed by atoms with Crippen LogP contribution < -0.4 is 10.1 Å². The summed E-state index contributed by atoms with van der Waals surface area (Å²) < 4.78 is 14.9. The molecule has 3 aromatic rings. The zero-order valence-corrected chi connectivity index (χ0v) is 23.3. The summed E-state index contributed by atoms with van der Waals surface area (Å²) in [5.74, 6) is 1.77. The molecular weight excluding hydrogens is 520 g/mol. The first kappa shape index (κ1) is 25.1. The monoisotopic (exact) mass is 554 g/mol. The zero-order valence-electron chi connectivity index (χ0n) is 21.7. The van der Waals surface area contributed by atoms with Crippen LogP contribution in [-0.4, -0.2) is 32.4 Å². The minimum atomic E-state index is -0.455. The van der Waals surface area contributed by atoms with E-state index >= 15 is 0 Å². The number of pyridine rings is 1. The van der Waals surface area contributed by atoms with Crippen molar-refractivity contribution in [3.05, 3.63) is 39.9 Å². The largest absolute Gasteiger partial charge is 0.472 e. The minimum Gasteiger partial charge on any atom is -0.472 e. The van der Waals surface area contributed by atoms with Crippen molar-refractivity contribution in [2.24, 2.45) is 13.0 Å². The molecule has 2 fully saturated rings. The maximum Gasteiger partial charge on any atom is 0.309 e. The van der Waals surface area contributed by atoms with Gasteiger partial charge in [-0.3, -0.25) is 9.48 Å². The van der Waals surface area contributed by atoms with Gasteiger partial charge in [-0.05, 0) is 108 Å². The fourth-order valence-corrected chi connectivity index (χ4v) is 5.25. The van der Waals surface area contributed by atoms with Crippen LogP contribution in [0, 0.1) is 12.8 Å². The van der Waals surface area contributed by atoms with Gasteiger partial charge < -0.3 is 14.8 Å². The topological polar surface area (TPSA) is 78.3 Å². The fourth-order valence-electron chi connectivity index (χ4n) is 4.89. The molecule has 0 aliphatic heterocycles. The molecule has 0 saturated heterocycles. The maximum absolute atomic E-state index is 12.5. The van der Waals surface area contributed by atoms with Gasteiger partial charge in [0.2, 0.25) is 0 Å². The molecular formula is C28H35BrN4O3. The zero-order chi connectivity index (χ0) is 25.6. The second kappa shape index (κ2) is 9.69. The highest BCUT2D eigenvalue weighted by atomic mass is 79.9. The van der Waals surface area contributed by atoms with Gasteiger partial charge in [-0.2, -0.15) is 0 Å². The lowest BCUT2D eigenvalue weighted by Crippen LogP contribution is -2.33. The van der Waals surface area contributed by atoms with E-state index in [1.807, 2.05) is 44.6 Å². The molecule has 2 aliphatic rings. The van der Waals surface area contributed by atoms with E-state index in [-0.39, 0.29) is 18.0 Å². The Morgan fingerprint density at radius 1 is 1.11 bits per heavy atom. The van der Waals surface area contributed by atoms with Crippen molar-refractivity contribution in [3.63, 3.8) is 0 Å². The van der Waals surface area contributed by atoms with Crippen LogP contribution in [0.1, 0.15) is 76.3 Å². The number of nitrogens with zero attached hydrogens (tertiary/aromatic N) is 3. The van der Waals surface area contributed by atoms with Crippen LogP contribution in [-0.2, 0) is 16.6 Å². The molecule has 8 heteroatoms. The van der Waals surface area contributed by atoms with Crippen LogP contribution in [0.15, 0.2) is 28.7 Å². The lowest BCUT2D eigenvalue weighted by Gasteiger charge is -2.29. The average molecular weight is 556 g/mol. The van der Waals surface area contributed by atoms with Gasteiger partial charge in [0.25, 0.3) is 5.88 Å². The third-order valence-electron chi connectivity index (χ3n) is 6.97. The molecule has 0 bridgehead atoms. The molecule has 0 atom stereocenters. The Morgan fingerprint density at radius 2 is 1.83 bits per heavy atom. The van der Waals surface area contributed by atoms with Gasteiger partial charge in [0.15, 0.2) is 5.52 Å². The van der Waals surface area contributed by atoms with Crippen LogP contribution in [0.5, 0.6) is 5.88 Å². The van der Waals surface area contributed by atoms with Crippen LogP contribution >= 0.6 is 15.9 Å². The summed E-state index contributed by atoms with van der Waals surface area (Å²) in [5, 5.41) is 8.18. The van der Waals surface area contributed by atoms with Crippen LogP contribution in [0.4, 0.5) is 11.5 Å². The number of benzene rings is 1. The summed E-state index contributed by atoms with van der Waals surface area (Å²) >= 11 is 3.68. The van der Waals surface area contributed by atoms with Crippen molar-refractivity contribution in [1.82, 2.24) is 14.8 Å². The molecule has 0 radical (unpaired) electrons. The van der Waals surface area contributed by atoms with Crippen LogP contribution in [0.3, 0.4) is 0 Å². The highest BCUT2D eigenvalue weighted by molar-refractivity contribution is 9.10. The summed E-state index contributed by atoms with van der Waals surface area (Å²) in [6, 6.07) is 8.45. The number of rotatable bonds is 6. The molecule has 192 valence electrons. The first-order valence-corrected chi connectivity index (χ1v) is 13.7. The molecule has 1 aromatic carbocycles. The van der Waals surface area contributed by atoms with Crippen molar-refractivity contribution >= 4 is 44.4 Å². The quantitative estimate of drug-likeness (QED) is 0.332. The number of carbonyl (C=O) groups excluding carboxylic acids is 1. The summed E-state index contributed by atoms with van der Waals surface area (Å²) in [4.78, 5) is 17.4. The molecule has 0 spiro atoms. The molecule has 2 saturated carbocycles. The van der Waals surface area contributed by atoms with E-state index in [0.29, 0.717) is 11.8 Å². The minimum absolute atomic E-state index is 0.00999. The number of ether oxygens (including phenoxy) is 2. The van der Waals surface area contributed by atoms with Crippen molar-refractivity contribution < 1.29 is 14.3 Å². The maximum atomic E-state index is 12.5. The number of hydrogen-bond donors (Lipinski definition) is 1. The summed E-state index contributed by atoms with van der Waals surface area (Å²) in [7, 11) is 1.91. The predicted octanol–water partition coefficient (Wildman–Crippen LogP) is 6.94. The number of hydrogen-bond acceptors (Lipinski definition) is 6. The first-order valence-electron chi connectivity index (χ1n) is 12.9. The summed E-state index contributed by atoms with van der Waals surface area (Å²) in [6.45, 7) is 7.83. The van der Waals surface area contributed by atoms with Crippen LogP contribution in [0.25, 0.3) is 11.0 Å². The van der Waals surface area contributed by atoms with E-state index in [9.17, 15) is 4.79 Å². The predicted molar refractivity (Wildman–Crippen MR) is 145 cm³/mol. The summed E-state index contributed by atoms with van der Waals surface area (Å²) in [6.07, 6.45) is 5.58. The standard InChI is InChI=1S/C28H35BrN4O3/c1-16-14-22(20(15-21(16)29)17-6-7-17)30-24-13-12-23-25(31-24)26(32-33(23)5)35-19-10-8-18(9-11-19)27(34)36-28(2,3)4/h12-15,17-19H,6-11H2,1-5H3,(H,30,31)/t18-,19-.